The number of ether oxygens (including phenoxy) is 3. The Labute approximate surface area is 205 Å². The van der Waals surface area contributed by atoms with Crippen LogP contribution in [0.4, 0.5) is 0 Å². The van der Waals surface area contributed by atoms with Crippen molar-refractivity contribution >= 4 is 17.4 Å². The molecule has 1 heterocycles. The molecule has 0 aromatic heterocycles. The second-order valence-electron chi connectivity index (χ2n) is 8.95. The highest BCUT2D eigenvalue weighted by Crippen LogP contribution is 2.42. The molecule has 188 valence electrons. The average molecular weight is 484 g/mol. The number of Topliss-reactive ketones (excluding diaryl/α,β-unsaturated/α-hetero) is 1. The minimum atomic E-state index is -0.849. The van der Waals surface area contributed by atoms with E-state index in [-0.39, 0.29) is 29.4 Å². The highest BCUT2D eigenvalue weighted by Gasteiger charge is 2.46. The van der Waals surface area contributed by atoms with Gasteiger partial charge in [-0.05, 0) is 60.7 Å². The van der Waals surface area contributed by atoms with Gasteiger partial charge in [-0.1, -0.05) is 19.9 Å². The van der Waals surface area contributed by atoms with E-state index in [4.69, 9.17) is 14.2 Å². The molecule has 1 amide bonds. The first-order valence-electron chi connectivity index (χ1n) is 11.6. The first-order valence-corrected chi connectivity index (χ1v) is 11.6. The van der Waals surface area contributed by atoms with Gasteiger partial charge in [0, 0.05) is 25.8 Å². The van der Waals surface area contributed by atoms with Gasteiger partial charge in [-0.25, -0.2) is 0 Å². The van der Waals surface area contributed by atoms with Crippen molar-refractivity contribution in [2.75, 3.05) is 34.0 Å². The maximum Gasteiger partial charge on any atom is 0.295 e. The van der Waals surface area contributed by atoms with Gasteiger partial charge in [0.2, 0.25) is 0 Å². The highest BCUT2D eigenvalue weighted by atomic mass is 16.5. The molecule has 1 aliphatic heterocycles. The van der Waals surface area contributed by atoms with Crippen molar-refractivity contribution in [2.24, 2.45) is 5.92 Å². The van der Waals surface area contributed by atoms with E-state index in [1.54, 1.807) is 37.4 Å². The normalized spacial score (nSPS) is 17.3. The Bertz CT molecular complexity index is 1120. The third-order valence-electron chi connectivity index (χ3n) is 5.84. The number of aliphatic hydroxyl groups is 1. The Morgan fingerprint density at radius 3 is 2.49 bits per heavy atom. The van der Waals surface area contributed by atoms with Crippen LogP contribution >= 0.6 is 0 Å². The third-order valence-corrected chi connectivity index (χ3v) is 5.84. The number of likely N-dealkylation sites (tertiary alicyclic amines) is 1. The van der Waals surface area contributed by atoms with E-state index < -0.39 is 17.7 Å². The second-order valence-corrected chi connectivity index (χ2v) is 8.95. The number of aliphatic hydroxyl groups excluding tert-OH is 1. The van der Waals surface area contributed by atoms with Crippen LogP contribution in [0, 0.1) is 12.8 Å². The molecular weight excluding hydrogens is 450 g/mol. The molecule has 0 radical (unpaired) electrons. The number of aromatic hydroxyl groups is 1. The summed E-state index contributed by atoms with van der Waals surface area (Å²) in [6, 6.07) is 8.99. The molecule has 0 saturated carbocycles. The van der Waals surface area contributed by atoms with Crippen LogP contribution in [0.25, 0.3) is 5.76 Å². The van der Waals surface area contributed by atoms with E-state index in [1.807, 2.05) is 6.92 Å². The fraction of sp³-hybridized carbons (Fsp3) is 0.407. The monoisotopic (exact) mass is 483 g/mol. The molecule has 2 aromatic rings. The molecule has 0 aliphatic carbocycles. The summed E-state index contributed by atoms with van der Waals surface area (Å²) in [7, 11) is 2.98. The molecule has 35 heavy (non-hydrogen) atoms. The van der Waals surface area contributed by atoms with E-state index >= 15 is 0 Å². The van der Waals surface area contributed by atoms with Gasteiger partial charge in [0.1, 0.15) is 11.5 Å². The van der Waals surface area contributed by atoms with E-state index in [0.29, 0.717) is 48.0 Å². The van der Waals surface area contributed by atoms with Gasteiger partial charge in [-0.15, -0.1) is 0 Å². The van der Waals surface area contributed by atoms with Gasteiger partial charge in [0.05, 0.1) is 25.3 Å². The molecule has 3 rings (SSSR count). The van der Waals surface area contributed by atoms with Crippen LogP contribution in [0.3, 0.4) is 0 Å². The molecule has 1 saturated heterocycles. The molecule has 0 bridgehead atoms. The van der Waals surface area contributed by atoms with E-state index in [0.717, 1.165) is 0 Å². The van der Waals surface area contributed by atoms with Gasteiger partial charge >= 0.3 is 0 Å². The fourth-order valence-corrected chi connectivity index (χ4v) is 4.10. The minimum Gasteiger partial charge on any atom is -0.507 e. The Morgan fingerprint density at radius 2 is 1.86 bits per heavy atom. The maximum atomic E-state index is 13.2. The van der Waals surface area contributed by atoms with Crippen molar-refractivity contribution < 1.29 is 34.0 Å². The number of hydrogen-bond acceptors (Lipinski definition) is 7. The van der Waals surface area contributed by atoms with E-state index in [9.17, 15) is 19.8 Å². The number of carbonyl (C=O) groups excluding carboxylic acids is 2. The number of hydrogen-bond donors (Lipinski definition) is 2. The lowest BCUT2D eigenvalue weighted by Gasteiger charge is -2.26. The van der Waals surface area contributed by atoms with Crippen LogP contribution in [-0.4, -0.2) is 60.8 Å². The van der Waals surface area contributed by atoms with Crippen LogP contribution in [0.15, 0.2) is 42.0 Å². The standard InChI is InChI=1S/C27H33NO7/c1-16(2)15-35-19-8-9-20(17(3)13-19)25(30)23-24(18-7-10-21(29)22(14-18)34-5)28(11-6-12-33-4)27(32)26(23)31/h7-10,13-14,16,24,29-30H,6,11-12,15H2,1-5H3. The van der Waals surface area contributed by atoms with Crippen molar-refractivity contribution in [2.45, 2.75) is 33.2 Å². The van der Waals surface area contributed by atoms with Crippen molar-refractivity contribution in [3.63, 3.8) is 0 Å². The predicted octanol–water partition coefficient (Wildman–Crippen LogP) is 4.20. The third kappa shape index (κ3) is 5.59. The molecule has 2 N–H and O–H groups in total. The molecule has 1 aliphatic rings. The van der Waals surface area contributed by atoms with Gasteiger partial charge in [-0.2, -0.15) is 0 Å². The first-order chi connectivity index (χ1) is 16.7. The van der Waals surface area contributed by atoms with E-state index in [1.165, 1.54) is 18.1 Å². The quantitative estimate of drug-likeness (QED) is 0.226. The number of aryl methyl sites for hydroxylation is 1. The molecule has 2 aromatic carbocycles. The van der Waals surface area contributed by atoms with Crippen molar-refractivity contribution in [3.8, 4) is 17.2 Å². The minimum absolute atomic E-state index is 0.0147. The fourth-order valence-electron chi connectivity index (χ4n) is 4.10. The SMILES string of the molecule is COCCCN1C(=O)C(=O)C(=C(O)c2ccc(OCC(C)C)cc2C)C1c1ccc(O)c(OC)c1. The predicted molar refractivity (Wildman–Crippen MR) is 132 cm³/mol. The van der Waals surface area contributed by atoms with Crippen molar-refractivity contribution in [1.29, 1.82) is 0 Å². The number of rotatable bonds is 10. The van der Waals surface area contributed by atoms with Crippen molar-refractivity contribution in [3.05, 3.63) is 58.7 Å². The van der Waals surface area contributed by atoms with Gasteiger partial charge in [0.25, 0.3) is 11.7 Å². The summed E-state index contributed by atoms with van der Waals surface area (Å²) in [6.07, 6.45) is 0.510. The summed E-state index contributed by atoms with van der Waals surface area (Å²) in [5.41, 5.74) is 1.66. The summed E-state index contributed by atoms with van der Waals surface area (Å²) >= 11 is 0. The number of phenols is 1. The molecular formula is C27H33NO7. The molecule has 1 unspecified atom stereocenters. The Balaban J connectivity index is 2.11. The first kappa shape index (κ1) is 26.1. The zero-order valence-electron chi connectivity index (χ0n) is 20.8. The lowest BCUT2D eigenvalue weighted by Crippen LogP contribution is -2.31. The number of nitrogens with zero attached hydrogens (tertiary/aromatic N) is 1. The van der Waals surface area contributed by atoms with Crippen LogP contribution in [0.1, 0.15) is 43.0 Å². The molecule has 1 atom stereocenters. The summed E-state index contributed by atoms with van der Waals surface area (Å²) in [6.45, 7) is 7.13. The molecule has 8 heteroatoms. The Morgan fingerprint density at radius 1 is 1.11 bits per heavy atom. The number of carbonyl (C=O) groups is 2. The lowest BCUT2D eigenvalue weighted by molar-refractivity contribution is -0.140. The van der Waals surface area contributed by atoms with Gasteiger partial charge < -0.3 is 29.3 Å². The van der Waals surface area contributed by atoms with Crippen LogP contribution in [-0.2, 0) is 14.3 Å². The zero-order valence-corrected chi connectivity index (χ0v) is 20.8. The Kier molecular flexibility index (Phi) is 8.40. The van der Waals surface area contributed by atoms with Crippen LogP contribution in [0.2, 0.25) is 0 Å². The van der Waals surface area contributed by atoms with E-state index in [2.05, 4.69) is 13.8 Å². The summed E-state index contributed by atoms with van der Waals surface area (Å²) in [5.74, 6) is -0.575. The number of ketones is 1. The summed E-state index contributed by atoms with van der Waals surface area (Å²) < 4.78 is 16.1. The van der Waals surface area contributed by atoms with Crippen molar-refractivity contribution in [1.82, 2.24) is 4.90 Å². The number of amides is 1. The molecule has 8 nitrogen and oxygen atoms in total. The zero-order chi connectivity index (χ0) is 25.7. The average Bonchev–Trinajstić information content (AvgIpc) is 3.08. The highest BCUT2D eigenvalue weighted by molar-refractivity contribution is 6.46. The maximum absolute atomic E-state index is 13.2. The van der Waals surface area contributed by atoms with Crippen LogP contribution < -0.4 is 9.47 Å². The lowest BCUT2D eigenvalue weighted by atomic mass is 9.93. The van der Waals surface area contributed by atoms with Gasteiger partial charge in [-0.3, -0.25) is 9.59 Å². The number of benzene rings is 2. The number of phenolic OH excluding ortho intramolecular Hbond substituents is 1. The van der Waals surface area contributed by atoms with Gasteiger partial charge in [0.15, 0.2) is 11.5 Å². The topological polar surface area (TPSA) is 106 Å². The molecule has 1 fully saturated rings. The molecule has 0 spiro atoms. The smallest absolute Gasteiger partial charge is 0.295 e. The van der Waals surface area contributed by atoms with Crippen LogP contribution in [0.5, 0.6) is 17.2 Å². The summed E-state index contributed by atoms with van der Waals surface area (Å²) in [5, 5.41) is 21.4. The second kappa shape index (κ2) is 11.3. The Hall–Kier alpha value is -3.52. The number of methoxy groups -OCH3 is 2. The summed E-state index contributed by atoms with van der Waals surface area (Å²) in [4.78, 5) is 27.6. The largest absolute Gasteiger partial charge is 0.507 e.